The van der Waals surface area contributed by atoms with Crippen LogP contribution in [-0.2, 0) is 6.54 Å². The van der Waals surface area contributed by atoms with Crippen molar-refractivity contribution < 1.29 is 9.47 Å². The van der Waals surface area contributed by atoms with Crippen LogP contribution in [-0.4, -0.2) is 28.2 Å². The fourth-order valence-electron chi connectivity index (χ4n) is 2.51. The average Bonchev–Trinajstić information content (AvgIpc) is 2.58. The highest BCUT2D eigenvalue weighted by Gasteiger charge is 2.16. The number of ether oxygens (including phenoxy) is 2. The van der Waals surface area contributed by atoms with Crippen LogP contribution in [0.4, 0.5) is 0 Å². The highest BCUT2D eigenvalue weighted by Crippen LogP contribution is 2.32. The summed E-state index contributed by atoms with van der Waals surface area (Å²) >= 11 is 6.14. The van der Waals surface area contributed by atoms with Gasteiger partial charge in [-0.3, -0.25) is 4.79 Å². The third-order valence-electron chi connectivity index (χ3n) is 3.66. The first-order valence-electron chi connectivity index (χ1n) is 7.13. The minimum Gasteiger partial charge on any atom is -0.486 e. The standard InChI is InChI=1S/C16H12ClN3O3/c17-12-4-2-1-3-10(12)9-20-16(21)11-7-14-15(23-6-5-22-14)8-13(11)18-19-20/h1-4,7-8H,5-6,9H2. The molecule has 0 aliphatic carbocycles. The molecule has 4 rings (SSSR count). The number of hydrogen-bond acceptors (Lipinski definition) is 5. The van der Waals surface area contributed by atoms with Gasteiger partial charge in [0.15, 0.2) is 11.5 Å². The second kappa shape index (κ2) is 5.55. The van der Waals surface area contributed by atoms with Crippen LogP contribution in [0, 0.1) is 0 Å². The first kappa shape index (κ1) is 14.0. The molecule has 0 atom stereocenters. The van der Waals surface area contributed by atoms with Crippen molar-refractivity contribution in [3.63, 3.8) is 0 Å². The van der Waals surface area contributed by atoms with Gasteiger partial charge in [-0.15, -0.1) is 5.10 Å². The summed E-state index contributed by atoms with van der Waals surface area (Å²) in [7, 11) is 0. The van der Waals surface area contributed by atoms with E-state index in [0.717, 1.165) is 5.56 Å². The molecule has 1 aromatic heterocycles. The predicted molar refractivity (Wildman–Crippen MR) is 85.3 cm³/mol. The van der Waals surface area contributed by atoms with Crippen LogP contribution < -0.4 is 15.0 Å². The van der Waals surface area contributed by atoms with Crippen molar-refractivity contribution in [2.75, 3.05) is 13.2 Å². The van der Waals surface area contributed by atoms with Crippen LogP contribution in [0.15, 0.2) is 41.2 Å². The molecule has 7 heteroatoms. The van der Waals surface area contributed by atoms with E-state index in [4.69, 9.17) is 21.1 Å². The Morgan fingerprint density at radius 1 is 1.13 bits per heavy atom. The molecule has 0 saturated carbocycles. The van der Waals surface area contributed by atoms with Gasteiger partial charge in [-0.25, -0.2) is 4.68 Å². The van der Waals surface area contributed by atoms with E-state index < -0.39 is 0 Å². The highest BCUT2D eigenvalue weighted by molar-refractivity contribution is 6.31. The molecule has 1 aliphatic heterocycles. The number of halogens is 1. The van der Waals surface area contributed by atoms with E-state index in [1.54, 1.807) is 18.2 Å². The van der Waals surface area contributed by atoms with Gasteiger partial charge in [0.2, 0.25) is 0 Å². The van der Waals surface area contributed by atoms with Crippen molar-refractivity contribution in [2.45, 2.75) is 6.54 Å². The molecule has 23 heavy (non-hydrogen) atoms. The van der Waals surface area contributed by atoms with Gasteiger partial charge in [0.1, 0.15) is 18.7 Å². The zero-order valence-electron chi connectivity index (χ0n) is 12.0. The van der Waals surface area contributed by atoms with Crippen LogP contribution in [0.2, 0.25) is 5.02 Å². The van der Waals surface area contributed by atoms with Gasteiger partial charge in [-0.1, -0.05) is 35.0 Å². The molecule has 1 aliphatic rings. The largest absolute Gasteiger partial charge is 0.486 e. The summed E-state index contributed by atoms with van der Waals surface area (Å²) in [6.45, 7) is 1.20. The molecular weight excluding hydrogens is 318 g/mol. The second-order valence-electron chi connectivity index (χ2n) is 5.16. The maximum atomic E-state index is 12.7. The number of aromatic nitrogens is 3. The van der Waals surface area contributed by atoms with Gasteiger partial charge < -0.3 is 9.47 Å². The third kappa shape index (κ3) is 2.51. The van der Waals surface area contributed by atoms with Crippen molar-refractivity contribution in [2.24, 2.45) is 0 Å². The summed E-state index contributed by atoms with van der Waals surface area (Å²) in [6, 6.07) is 10.7. The van der Waals surface area contributed by atoms with Crippen molar-refractivity contribution in [3.05, 3.63) is 57.3 Å². The first-order valence-corrected chi connectivity index (χ1v) is 7.51. The van der Waals surface area contributed by atoms with Crippen LogP contribution >= 0.6 is 11.6 Å². The minimum atomic E-state index is -0.244. The molecule has 6 nitrogen and oxygen atoms in total. The number of nitrogens with zero attached hydrogens (tertiary/aromatic N) is 3. The maximum Gasteiger partial charge on any atom is 0.278 e. The zero-order chi connectivity index (χ0) is 15.8. The lowest BCUT2D eigenvalue weighted by atomic mass is 10.2. The maximum absolute atomic E-state index is 12.7. The molecule has 0 fully saturated rings. The quantitative estimate of drug-likeness (QED) is 0.721. The Balaban J connectivity index is 1.81. The lowest BCUT2D eigenvalue weighted by Crippen LogP contribution is -2.25. The minimum absolute atomic E-state index is 0.244. The summed E-state index contributed by atoms with van der Waals surface area (Å²) in [5.41, 5.74) is 1.05. The Hall–Kier alpha value is -2.60. The molecule has 0 radical (unpaired) electrons. The Bertz CT molecular complexity index is 955. The van der Waals surface area contributed by atoms with Crippen molar-refractivity contribution in [1.82, 2.24) is 15.0 Å². The summed E-state index contributed by atoms with van der Waals surface area (Å²) < 4.78 is 12.3. The number of benzene rings is 2. The topological polar surface area (TPSA) is 66.2 Å². The molecule has 116 valence electrons. The smallest absolute Gasteiger partial charge is 0.278 e. The van der Waals surface area contributed by atoms with E-state index in [1.165, 1.54) is 4.68 Å². The van der Waals surface area contributed by atoms with Crippen LogP contribution in [0.5, 0.6) is 11.5 Å². The SMILES string of the molecule is O=c1c2cc3c(cc2nnn1Cc1ccccc1Cl)OCCO3. The van der Waals surface area contributed by atoms with Gasteiger partial charge in [0, 0.05) is 11.1 Å². The Morgan fingerprint density at radius 2 is 1.87 bits per heavy atom. The van der Waals surface area contributed by atoms with Gasteiger partial charge in [-0.05, 0) is 17.7 Å². The normalized spacial score (nSPS) is 13.3. The fraction of sp³-hybridized carbons (Fsp3) is 0.188. The third-order valence-corrected chi connectivity index (χ3v) is 4.03. The average molecular weight is 330 g/mol. The summed E-state index contributed by atoms with van der Waals surface area (Å²) in [6.07, 6.45) is 0. The Morgan fingerprint density at radius 3 is 2.65 bits per heavy atom. The van der Waals surface area contributed by atoms with E-state index in [-0.39, 0.29) is 12.1 Å². The summed E-state index contributed by atoms with van der Waals surface area (Å²) in [5.74, 6) is 1.14. The fourth-order valence-corrected chi connectivity index (χ4v) is 2.70. The molecular formula is C16H12ClN3O3. The first-order chi connectivity index (χ1) is 11.2. The summed E-state index contributed by atoms with van der Waals surface area (Å²) in [5, 5.41) is 9.13. The van der Waals surface area contributed by atoms with Crippen molar-refractivity contribution >= 4 is 22.5 Å². The molecule has 3 aromatic rings. The van der Waals surface area contributed by atoms with E-state index in [2.05, 4.69) is 10.3 Å². The Kier molecular flexibility index (Phi) is 3.38. The lowest BCUT2D eigenvalue weighted by molar-refractivity contribution is 0.172. The molecule has 0 saturated heterocycles. The van der Waals surface area contributed by atoms with Crippen LogP contribution in [0.1, 0.15) is 5.56 Å². The van der Waals surface area contributed by atoms with Gasteiger partial charge >= 0.3 is 0 Å². The van der Waals surface area contributed by atoms with E-state index in [0.29, 0.717) is 40.6 Å². The van der Waals surface area contributed by atoms with E-state index >= 15 is 0 Å². The summed E-state index contributed by atoms with van der Waals surface area (Å²) in [4.78, 5) is 12.7. The number of fused-ring (bicyclic) bond motifs is 2. The van der Waals surface area contributed by atoms with E-state index in [9.17, 15) is 4.79 Å². The molecule has 0 unspecified atom stereocenters. The molecule has 0 N–H and O–H groups in total. The predicted octanol–water partition coefficient (Wildman–Crippen LogP) is 2.26. The van der Waals surface area contributed by atoms with Gasteiger partial charge in [-0.2, -0.15) is 0 Å². The highest BCUT2D eigenvalue weighted by atomic mass is 35.5. The van der Waals surface area contributed by atoms with Gasteiger partial charge in [0.05, 0.1) is 11.9 Å². The van der Waals surface area contributed by atoms with E-state index in [1.807, 2.05) is 18.2 Å². The number of rotatable bonds is 2. The Labute approximate surface area is 136 Å². The van der Waals surface area contributed by atoms with Crippen molar-refractivity contribution in [1.29, 1.82) is 0 Å². The zero-order valence-corrected chi connectivity index (χ0v) is 12.8. The van der Waals surface area contributed by atoms with Crippen LogP contribution in [0.3, 0.4) is 0 Å². The number of hydrogen-bond donors (Lipinski definition) is 0. The molecule has 0 amide bonds. The van der Waals surface area contributed by atoms with Crippen LogP contribution in [0.25, 0.3) is 10.9 Å². The molecule has 0 spiro atoms. The van der Waals surface area contributed by atoms with Gasteiger partial charge in [0.25, 0.3) is 5.56 Å². The molecule has 2 heterocycles. The molecule has 2 aromatic carbocycles. The second-order valence-corrected chi connectivity index (χ2v) is 5.56. The van der Waals surface area contributed by atoms with Crippen molar-refractivity contribution in [3.8, 4) is 11.5 Å². The lowest BCUT2D eigenvalue weighted by Gasteiger charge is -2.18. The molecule has 0 bridgehead atoms. The monoisotopic (exact) mass is 329 g/mol.